The zero-order valence-corrected chi connectivity index (χ0v) is 14.4. The highest BCUT2D eigenvalue weighted by Gasteiger charge is 2.04. The molecule has 2 aromatic heterocycles. The molecular formula is C13H21N5O2S2. The summed E-state index contributed by atoms with van der Waals surface area (Å²) in [6.07, 6.45) is 0.923. The quantitative estimate of drug-likeness (QED) is 0.552. The molecule has 0 saturated heterocycles. The molecule has 0 aliphatic rings. The number of aromatic nitrogens is 2. The fourth-order valence-electron chi connectivity index (χ4n) is 1.77. The zero-order valence-electron chi connectivity index (χ0n) is 12.7. The van der Waals surface area contributed by atoms with Crippen LogP contribution >= 0.6 is 22.9 Å². The molecule has 122 valence electrons. The van der Waals surface area contributed by atoms with E-state index >= 15 is 0 Å². The Balaban J connectivity index is 1.71. The lowest BCUT2D eigenvalue weighted by molar-refractivity contribution is 0.385. The van der Waals surface area contributed by atoms with Crippen LogP contribution in [0.15, 0.2) is 21.5 Å². The molecule has 0 saturated carbocycles. The largest absolute Gasteiger partial charge is 0.548 e. The average Bonchev–Trinajstić information content (AvgIpc) is 3.03. The van der Waals surface area contributed by atoms with Crippen LogP contribution in [0.5, 0.6) is 0 Å². The molecule has 9 heteroatoms. The minimum atomic E-state index is -1.47. The first-order valence-electron chi connectivity index (χ1n) is 6.92. The van der Waals surface area contributed by atoms with Crippen LogP contribution in [-0.4, -0.2) is 51.1 Å². The van der Waals surface area contributed by atoms with Gasteiger partial charge in [-0.1, -0.05) is 0 Å². The Morgan fingerprint density at radius 2 is 2.23 bits per heavy atom. The second kappa shape index (κ2) is 8.37. The molecular weight excluding hydrogens is 322 g/mol. The van der Waals surface area contributed by atoms with E-state index in [-0.39, 0.29) is 5.82 Å². The van der Waals surface area contributed by atoms with E-state index in [1.807, 2.05) is 26.2 Å². The molecule has 0 fully saturated rings. The topological polar surface area (TPSA) is 106 Å². The van der Waals surface area contributed by atoms with E-state index in [1.54, 1.807) is 11.8 Å². The summed E-state index contributed by atoms with van der Waals surface area (Å²) in [5.74, 6) is 3.85. The first-order chi connectivity index (χ1) is 10.5. The summed E-state index contributed by atoms with van der Waals surface area (Å²) < 4.78 is 23.1. The molecule has 0 radical (unpaired) electrons. The van der Waals surface area contributed by atoms with Crippen LogP contribution in [0.2, 0.25) is 0 Å². The third kappa shape index (κ3) is 5.48. The highest BCUT2D eigenvalue weighted by atomic mass is 32.2. The number of nitrogen functional groups attached to an aromatic ring is 1. The maximum atomic E-state index is 11.1. The van der Waals surface area contributed by atoms with E-state index in [2.05, 4.69) is 18.6 Å². The van der Waals surface area contributed by atoms with Crippen LogP contribution in [0, 0.1) is 0 Å². The number of rotatable bonds is 8. The Kier molecular flexibility index (Phi) is 6.49. The fourth-order valence-corrected chi connectivity index (χ4v) is 3.13. The van der Waals surface area contributed by atoms with E-state index in [0.717, 1.165) is 36.0 Å². The molecule has 2 rings (SSSR count). The van der Waals surface area contributed by atoms with E-state index in [0.29, 0.717) is 12.0 Å². The van der Waals surface area contributed by atoms with Gasteiger partial charge in [0.15, 0.2) is 11.1 Å². The summed E-state index contributed by atoms with van der Waals surface area (Å²) in [5.41, 5.74) is 5.99. The molecule has 0 aliphatic carbocycles. The van der Waals surface area contributed by atoms with Crippen LogP contribution in [0.25, 0.3) is 0 Å². The molecule has 22 heavy (non-hydrogen) atoms. The van der Waals surface area contributed by atoms with Crippen molar-refractivity contribution in [2.45, 2.75) is 12.2 Å². The average molecular weight is 343 g/mol. The highest BCUT2D eigenvalue weighted by Crippen LogP contribution is 2.15. The predicted octanol–water partition coefficient (Wildman–Crippen LogP) is 1.25. The van der Waals surface area contributed by atoms with Crippen molar-refractivity contribution >= 4 is 28.7 Å². The molecule has 7 nitrogen and oxygen atoms in total. The van der Waals surface area contributed by atoms with Gasteiger partial charge in [-0.3, -0.25) is 4.99 Å². The lowest BCUT2D eigenvalue weighted by Gasteiger charge is -2.06. The second-order valence-electron chi connectivity index (χ2n) is 5.03. The van der Waals surface area contributed by atoms with Gasteiger partial charge in [-0.15, -0.1) is 4.37 Å². The maximum Gasteiger partial charge on any atom is 0.229 e. The molecule has 1 unspecified atom stereocenters. The number of nitrogens with one attached hydrogen (secondary N) is 1. The van der Waals surface area contributed by atoms with Gasteiger partial charge in [-0.25, -0.2) is 0 Å². The van der Waals surface area contributed by atoms with Crippen molar-refractivity contribution in [3.8, 4) is 0 Å². The molecule has 1 atom stereocenters. The summed E-state index contributed by atoms with van der Waals surface area (Å²) >= 11 is 0.268. The fraction of sp³-hybridized carbons (Fsp3) is 0.538. The predicted molar refractivity (Wildman–Crippen MR) is 89.2 cm³/mol. The van der Waals surface area contributed by atoms with Crippen molar-refractivity contribution < 1.29 is 8.97 Å². The number of hydrogen-bond acceptors (Lipinski definition) is 7. The third-order valence-electron chi connectivity index (χ3n) is 2.88. The van der Waals surface area contributed by atoms with Crippen molar-refractivity contribution in [2.75, 3.05) is 38.7 Å². The number of aromatic amines is 1. The van der Waals surface area contributed by atoms with Crippen LogP contribution in [0.4, 0.5) is 5.82 Å². The molecule has 3 N–H and O–H groups in total. The highest BCUT2D eigenvalue weighted by molar-refractivity contribution is 7.98. The van der Waals surface area contributed by atoms with E-state index < -0.39 is 11.1 Å². The Morgan fingerprint density at radius 1 is 1.45 bits per heavy atom. The smallest absolute Gasteiger partial charge is 0.229 e. The lowest BCUT2D eigenvalue weighted by atomic mass is 10.3. The van der Waals surface area contributed by atoms with E-state index in [1.165, 1.54) is 0 Å². The van der Waals surface area contributed by atoms with Crippen LogP contribution in [0.1, 0.15) is 11.5 Å². The molecule has 0 aliphatic heterocycles. The van der Waals surface area contributed by atoms with Crippen molar-refractivity contribution in [1.29, 1.82) is 0 Å². The van der Waals surface area contributed by atoms with E-state index in [4.69, 9.17) is 10.2 Å². The minimum Gasteiger partial charge on any atom is -0.548 e. The molecule has 2 aromatic rings. The number of H-pyrrole nitrogens is 1. The van der Waals surface area contributed by atoms with Crippen LogP contribution < -0.4 is 11.2 Å². The Hall–Kier alpha value is -1.29. The van der Waals surface area contributed by atoms with Gasteiger partial charge in [0, 0.05) is 23.1 Å². The minimum absolute atomic E-state index is 0.208. The zero-order chi connectivity index (χ0) is 15.9. The summed E-state index contributed by atoms with van der Waals surface area (Å²) in [6, 6.07) is 4.06. The first kappa shape index (κ1) is 17.1. The van der Waals surface area contributed by atoms with Crippen LogP contribution in [-0.2, 0) is 12.2 Å². The van der Waals surface area contributed by atoms with Crippen molar-refractivity contribution in [2.24, 2.45) is 4.99 Å². The van der Waals surface area contributed by atoms with Gasteiger partial charge in [-0.2, -0.15) is 11.8 Å². The molecule has 0 bridgehead atoms. The Labute approximate surface area is 136 Å². The molecule has 0 amide bonds. The van der Waals surface area contributed by atoms with Crippen molar-refractivity contribution in [1.82, 2.24) is 13.6 Å². The lowest BCUT2D eigenvalue weighted by Crippen LogP contribution is -2.14. The second-order valence-corrected chi connectivity index (χ2v) is 7.02. The summed E-state index contributed by atoms with van der Waals surface area (Å²) in [7, 11) is 4.10. The summed E-state index contributed by atoms with van der Waals surface area (Å²) in [4.78, 5) is 6.37. The standard InChI is InChI=1S/C13H21N5O2S2/c1-18(2)7-5-10-3-4-11(20-10)9-21-8-6-15-13-12(14)16-22(19)17-13/h3-4H,5-9H2,1-2H3,(H2,14,16)(H,15,17). The van der Waals surface area contributed by atoms with Gasteiger partial charge in [0.1, 0.15) is 11.5 Å². The third-order valence-corrected chi connectivity index (χ3v) is 4.57. The number of anilines is 1. The summed E-state index contributed by atoms with van der Waals surface area (Å²) in [6.45, 7) is 1.57. The summed E-state index contributed by atoms with van der Waals surface area (Å²) in [5, 5.41) is 0. The van der Waals surface area contributed by atoms with Crippen molar-refractivity contribution in [3.63, 3.8) is 0 Å². The number of thioether (sulfide) groups is 1. The normalized spacial score (nSPS) is 13.3. The number of hydrogen-bond donors (Lipinski definition) is 2. The SMILES string of the molecule is CN(C)CCc1ccc(CSCCN=c2[nH][s+]([O-])nc2N)o1. The van der Waals surface area contributed by atoms with E-state index in [9.17, 15) is 4.55 Å². The maximum absolute atomic E-state index is 11.1. The number of nitrogens with zero attached hydrogens (tertiary/aromatic N) is 3. The monoisotopic (exact) mass is 343 g/mol. The number of nitrogens with two attached hydrogens (primary N) is 1. The Morgan fingerprint density at radius 3 is 2.91 bits per heavy atom. The van der Waals surface area contributed by atoms with Gasteiger partial charge in [0.2, 0.25) is 11.3 Å². The van der Waals surface area contributed by atoms with Crippen LogP contribution in [0.3, 0.4) is 0 Å². The van der Waals surface area contributed by atoms with Gasteiger partial charge in [0.25, 0.3) is 0 Å². The van der Waals surface area contributed by atoms with Gasteiger partial charge in [0.05, 0.1) is 12.3 Å². The van der Waals surface area contributed by atoms with Gasteiger partial charge in [-0.05, 0) is 26.2 Å². The van der Waals surface area contributed by atoms with Gasteiger partial charge < -0.3 is 19.6 Å². The number of furan rings is 1. The molecule has 2 heterocycles. The first-order valence-corrected chi connectivity index (χ1v) is 9.18. The van der Waals surface area contributed by atoms with Gasteiger partial charge >= 0.3 is 0 Å². The van der Waals surface area contributed by atoms with Crippen molar-refractivity contribution in [3.05, 3.63) is 29.1 Å². The molecule has 0 aromatic carbocycles. The Bertz CT molecular complexity index is 647. The molecule has 0 spiro atoms. The number of likely N-dealkylation sites (N-methyl/N-ethyl adjacent to an activating group) is 1.